The Labute approximate surface area is 176 Å². The van der Waals surface area contributed by atoms with Crippen molar-refractivity contribution < 1.29 is 14.3 Å². The van der Waals surface area contributed by atoms with Crippen LogP contribution < -0.4 is 11.1 Å². The van der Waals surface area contributed by atoms with Gasteiger partial charge in [-0.25, -0.2) is 4.98 Å². The number of benzene rings is 2. The summed E-state index contributed by atoms with van der Waals surface area (Å²) in [5.74, 6) is -0.127. The summed E-state index contributed by atoms with van der Waals surface area (Å²) in [6.45, 7) is 0. The molecule has 0 spiro atoms. The number of nitrogens with two attached hydrogens (primary N) is 1. The molecule has 6 nitrogen and oxygen atoms in total. The molecule has 0 unspecified atom stereocenters. The fraction of sp³-hybridized carbons (Fsp3) is 0.375. The van der Waals surface area contributed by atoms with Crippen molar-refractivity contribution in [2.24, 2.45) is 0 Å². The number of nitrogen functional groups attached to an aromatic ring is 1. The number of carbonyl (C=O) groups is 2. The third-order valence-corrected chi connectivity index (χ3v) is 5.18. The van der Waals surface area contributed by atoms with Gasteiger partial charge in [-0.2, -0.15) is 0 Å². The summed E-state index contributed by atoms with van der Waals surface area (Å²) in [4.78, 5) is 28.0. The van der Waals surface area contributed by atoms with Gasteiger partial charge in [-0.3, -0.25) is 9.59 Å². The largest absolute Gasteiger partial charge is 0.469 e. The molecule has 1 amide bonds. The SMILES string of the molecule is COC(=O)CCCCCCCCC(=O)Nc1ccc2cc3ccc(N)cc3nc2c1. The molecule has 0 bridgehead atoms. The summed E-state index contributed by atoms with van der Waals surface area (Å²) < 4.78 is 4.63. The number of anilines is 2. The van der Waals surface area contributed by atoms with Crippen molar-refractivity contribution in [1.29, 1.82) is 0 Å². The monoisotopic (exact) mass is 407 g/mol. The van der Waals surface area contributed by atoms with E-state index in [0.717, 1.165) is 66.0 Å². The Bertz CT molecular complexity index is 1030. The van der Waals surface area contributed by atoms with E-state index in [2.05, 4.69) is 21.1 Å². The van der Waals surface area contributed by atoms with Gasteiger partial charge in [-0.1, -0.05) is 37.8 Å². The standard InChI is InChI=1S/C24H29N3O3/c1-30-24(29)9-7-5-3-2-4-6-8-23(28)26-20-13-11-18-14-17-10-12-19(25)15-21(17)27-22(18)16-20/h10-16H,2-9,25H2,1H3,(H,26,28). The Morgan fingerprint density at radius 2 is 1.50 bits per heavy atom. The molecule has 0 aliphatic heterocycles. The average Bonchev–Trinajstić information content (AvgIpc) is 2.73. The molecular formula is C24H29N3O3. The minimum Gasteiger partial charge on any atom is -0.469 e. The van der Waals surface area contributed by atoms with Crippen molar-refractivity contribution in [2.75, 3.05) is 18.2 Å². The maximum atomic E-state index is 12.2. The second kappa shape index (κ2) is 10.6. The minimum absolute atomic E-state index is 0.0186. The van der Waals surface area contributed by atoms with Crippen molar-refractivity contribution in [2.45, 2.75) is 51.4 Å². The molecule has 0 atom stereocenters. The van der Waals surface area contributed by atoms with Crippen LogP contribution in [0.2, 0.25) is 0 Å². The second-order valence-electron chi connectivity index (χ2n) is 7.59. The number of nitrogens with zero attached hydrogens (tertiary/aromatic N) is 1. The maximum Gasteiger partial charge on any atom is 0.305 e. The zero-order chi connectivity index (χ0) is 21.3. The highest BCUT2D eigenvalue weighted by Gasteiger charge is 2.06. The van der Waals surface area contributed by atoms with Gasteiger partial charge in [0.25, 0.3) is 0 Å². The summed E-state index contributed by atoms with van der Waals surface area (Å²) in [5.41, 5.74) is 8.97. The van der Waals surface area contributed by atoms with Crippen LogP contribution in [0.25, 0.3) is 21.8 Å². The zero-order valence-electron chi connectivity index (χ0n) is 17.4. The first-order valence-electron chi connectivity index (χ1n) is 10.5. The molecule has 3 aromatic rings. The second-order valence-corrected chi connectivity index (χ2v) is 7.59. The number of hydrogen-bond donors (Lipinski definition) is 2. The fourth-order valence-electron chi connectivity index (χ4n) is 3.50. The number of hydrogen-bond acceptors (Lipinski definition) is 5. The zero-order valence-corrected chi connectivity index (χ0v) is 17.4. The van der Waals surface area contributed by atoms with E-state index in [9.17, 15) is 9.59 Å². The van der Waals surface area contributed by atoms with Gasteiger partial charge in [-0.15, -0.1) is 0 Å². The number of fused-ring (bicyclic) bond motifs is 2. The number of aromatic nitrogens is 1. The van der Waals surface area contributed by atoms with E-state index in [0.29, 0.717) is 18.5 Å². The molecule has 0 fully saturated rings. The highest BCUT2D eigenvalue weighted by Crippen LogP contribution is 2.24. The van der Waals surface area contributed by atoms with Gasteiger partial charge in [-0.05, 0) is 43.2 Å². The maximum absolute atomic E-state index is 12.2. The number of carbonyl (C=O) groups excluding carboxylic acids is 2. The van der Waals surface area contributed by atoms with E-state index >= 15 is 0 Å². The summed E-state index contributed by atoms with van der Waals surface area (Å²) in [5, 5.41) is 5.03. The van der Waals surface area contributed by atoms with E-state index in [4.69, 9.17) is 5.73 Å². The Morgan fingerprint density at radius 1 is 0.867 bits per heavy atom. The van der Waals surface area contributed by atoms with Gasteiger partial charge >= 0.3 is 5.97 Å². The molecular weight excluding hydrogens is 378 g/mol. The number of unbranched alkanes of at least 4 members (excludes halogenated alkanes) is 5. The summed E-state index contributed by atoms with van der Waals surface area (Å²) in [6, 6.07) is 13.5. The van der Waals surface area contributed by atoms with Crippen molar-refractivity contribution in [3.63, 3.8) is 0 Å². The highest BCUT2D eigenvalue weighted by atomic mass is 16.5. The van der Waals surface area contributed by atoms with Crippen LogP contribution in [-0.4, -0.2) is 24.0 Å². The molecule has 0 saturated heterocycles. The topological polar surface area (TPSA) is 94.3 Å². The van der Waals surface area contributed by atoms with Gasteiger partial charge in [0.2, 0.25) is 5.91 Å². The van der Waals surface area contributed by atoms with E-state index in [-0.39, 0.29) is 11.9 Å². The summed E-state index contributed by atoms with van der Waals surface area (Å²) in [7, 11) is 1.42. The Balaban J connectivity index is 1.43. The predicted octanol–water partition coefficient (Wildman–Crippen LogP) is 5.20. The average molecular weight is 408 g/mol. The van der Waals surface area contributed by atoms with Crippen molar-refractivity contribution in [1.82, 2.24) is 4.98 Å². The molecule has 0 radical (unpaired) electrons. The Kier molecular flexibility index (Phi) is 7.60. The van der Waals surface area contributed by atoms with Gasteiger partial charge in [0.15, 0.2) is 0 Å². The van der Waals surface area contributed by atoms with E-state index < -0.39 is 0 Å². The van der Waals surface area contributed by atoms with Crippen LogP contribution in [0.15, 0.2) is 42.5 Å². The van der Waals surface area contributed by atoms with E-state index in [1.807, 2.05) is 36.4 Å². The smallest absolute Gasteiger partial charge is 0.305 e. The quantitative estimate of drug-likeness (QED) is 0.208. The third kappa shape index (κ3) is 6.17. The van der Waals surface area contributed by atoms with Crippen LogP contribution in [0.5, 0.6) is 0 Å². The minimum atomic E-state index is -0.145. The number of rotatable bonds is 10. The molecule has 2 aromatic carbocycles. The summed E-state index contributed by atoms with van der Waals surface area (Å²) >= 11 is 0. The van der Waals surface area contributed by atoms with E-state index in [1.165, 1.54) is 7.11 Å². The molecule has 0 aliphatic rings. The van der Waals surface area contributed by atoms with Crippen molar-refractivity contribution in [3.8, 4) is 0 Å². The molecule has 1 aromatic heterocycles. The summed E-state index contributed by atoms with van der Waals surface area (Å²) in [6.07, 6.45) is 6.90. The van der Waals surface area contributed by atoms with Gasteiger partial charge in [0.05, 0.1) is 18.1 Å². The number of ether oxygens (including phenoxy) is 1. The van der Waals surface area contributed by atoms with Crippen LogP contribution in [0.3, 0.4) is 0 Å². The van der Waals surface area contributed by atoms with Gasteiger partial charge < -0.3 is 15.8 Å². The van der Waals surface area contributed by atoms with Crippen LogP contribution in [0.4, 0.5) is 11.4 Å². The first kappa shape index (κ1) is 21.6. The van der Waals surface area contributed by atoms with E-state index in [1.54, 1.807) is 0 Å². The Morgan fingerprint density at radius 3 is 2.23 bits per heavy atom. The van der Waals surface area contributed by atoms with Crippen molar-refractivity contribution in [3.05, 3.63) is 42.5 Å². The number of methoxy groups -OCH3 is 1. The lowest BCUT2D eigenvalue weighted by Crippen LogP contribution is -2.11. The molecule has 158 valence electrons. The first-order valence-corrected chi connectivity index (χ1v) is 10.5. The number of amides is 1. The van der Waals surface area contributed by atoms with Crippen LogP contribution in [0, 0.1) is 0 Å². The fourth-order valence-corrected chi connectivity index (χ4v) is 3.50. The predicted molar refractivity (Wildman–Crippen MR) is 121 cm³/mol. The molecule has 3 N–H and O–H groups in total. The molecule has 30 heavy (non-hydrogen) atoms. The number of nitrogens with one attached hydrogen (secondary N) is 1. The molecule has 0 saturated carbocycles. The lowest BCUT2D eigenvalue weighted by molar-refractivity contribution is -0.140. The van der Waals surface area contributed by atoms with Crippen LogP contribution in [-0.2, 0) is 14.3 Å². The molecule has 6 heteroatoms. The van der Waals surface area contributed by atoms with Crippen LogP contribution >= 0.6 is 0 Å². The Hall–Kier alpha value is -3.15. The van der Waals surface area contributed by atoms with Crippen molar-refractivity contribution >= 4 is 45.1 Å². The van der Waals surface area contributed by atoms with Gasteiger partial charge in [0.1, 0.15) is 0 Å². The normalized spacial score (nSPS) is 11.0. The third-order valence-electron chi connectivity index (χ3n) is 5.18. The molecule has 1 heterocycles. The molecule has 3 rings (SSSR count). The lowest BCUT2D eigenvalue weighted by atomic mass is 10.1. The molecule has 0 aliphatic carbocycles. The number of pyridine rings is 1. The van der Waals surface area contributed by atoms with Crippen LogP contribution in [0.1, 0.15) is 51.4 Å². The lowest BCUT2D eigenvalue weighted by Gasteiger charge is -2.08. The highest BCUT2D eigenvalue weighted by molar-refractivity contribution is 5.97. The first-order chi connectivity index (χ1) is 14.5. The van der Waals surface area contributed by atoms with Gasteiger partial charge in [0, 0.05) is 35.0 Å². The number of esters is 1.